The molecule has 0 saturated carbocycles. The number of nitrogens with one attached hydrogen (secondary N) is 2. The SMILES string of the molecule is CC(=O)NC1=CCNC=C1N. The molecule has 1 aliphatic heterocycles. The van der Waals surface area contributed by atoms with Crippen molar-refractivity contribution in [2.45, 2.75) is 6.92 Å². The predicted octanol–water partition coefficient (Wildman–Crippen LogP) is -0.590. The molecule has 4 heteroatoms. The maximum absolute atomic E-state index is 10.6. The number of dihydropyridines is 1. The van der Waals surface area contributed by atoms with Gasteiger partial charge < -0.3 is 16.4 Å². The predicted molar refractivity (Wildman–Crippen MR) is 42.2 cm³/mol. The third-order valence-corrected chi connectivity index (χ3v) is 1.30. The summed E-state index contributed by atoms with van der Waals surface area (Å²) in [4.78, 5) is 10.6. The minimum absolute atomic E-state index is 0.102. The van der Waals surface area contributed by atoms with Crippen LogP contribution >= 0.6 is 0 Å². The summed E-state index contributed by atoms with van der Waals surface area (Å²) in [6, 6.07) is 0. The van der Waals surface area contributed by atoms with Gasteiger partial charge in [-0.15, -0.1) is 0 Å². The monoisotopic (exact) mass is 153 g/mol. The van der Waals surface area contributed by atoms with Crippen molar-refractivity contribution < 1.29 is 4.79 Å². The van der Waals surface area contributed by atoms with Crippen molar-refractivity contribution >= 4 is 5.91 Å². The molecule has 0 atom stereocenters. The van der Waals surface area contributed by atoms with Crippen molar-refractivity contribution in [1.29, 1.82) is 0 Å². The molecule has 1 aliphatic rings. The highest BCUT2D eigenvalue weighted by molar-refractivity contribution is 5.76. The fourth-order valence-electron chi connectivity index (χ4n) is 0.838. The topological polar surface area (TPSA) is 67.2 Å². The van der Waals surface area contributed by atoms with E-state index in [2.05, 4.69) is 10.6 Å². The molecule has 0 saturated heterocycles. The second-order valence-electron chi connectivity index (χ2n) is 2.31. The fraction of sp³-hybridized carbons (Fsp3) is 0.286. The van der Waals surface area contributed by atoms with Crippen molar-refractivity contribution in [2.24, 2.45) is 5.73 Å². The summed E-state index contributed by atoms with van der Waals surface area (Å²) in [7, 11) is 0. The van der Waals surface area contributed by atoms with Gasteiger partial charge in [0.25, 0.3) is 0 Å². The first-order valence-corrected chi connectivity index (χ1v) is 3.37. The Morgan fingerprint density at radius 1 is 1.82 bits per heavy atom. The Bertz CT molecular complexity index is 230. The summed E-state index contributed by atoms with van der Waals surface area (Å²) in [6.07, 6.45) is 3.50. The fourth-order valence-corrected chi connectivity index (χ4v) is 0.838. The minimum Gasteiger partial charge on any atom is -0.396 e. The van der Waals surface area contributed by atoms with E-state index in [1.807, 2.05) is 6.08 Å². The van der Waals surface area contributed by atoms with E-state index in [0.29, 0.717) is 17.9 Å². The average molecular weight is 153 g/mol. The van der Waals surface area contributed by atoms with E-state index in [9.17, 15) is 4.79 Å². The van der Waals surface area contributed by atoms with E-state index >= 15 is 0 Å². The molecule has 0 bridgehead atoms. The van der Waals surface area contributed by atoms with Crippen molar-refractivity contribution in [3.8, 4) is 0 Å². The van der Waals surface area contributed by atoms with Crippen LogP contribution in [0, 0.1) is 0 Å². The van der Waals surface area contributed by atoms with Crippen LogP contribution in [-0.4, -0.2) is 12.5 Å². The van der Waals surface area contributed by atoms with Crippen LogP contribution in [-0.2, 0) is 4.79 Å². The average Bonchev–Trinajstić information content (AvgIpc) is 1.93. The molecule has 0 aliphatic carbocycles. The van der Waals surface area contributed by atoms with E-state index in [0.717, 1.165) is 0 Å². The molecular weight excluding hydrogens is 142 g/mol. The first kappa shape index (κ1) is 7.65. The van der Waals surface area contributed by atoms with Crippen LogP contribution in [0.2, 0.25) is 0 Å². The van der Waals surface area contributed by atoms with Gasteiger partial charge in [0.05, 0.1) is 11.4 Å². The summed E-state index contributed by atoms with van der Waals surface area (Å²) in [5.41, 5.74) is 6.80. The highest BCUT2D eigenvalue weighted by Crippen LogP contribution is 2.01. The van der Waals surface area contributed by atoms with Gasteiger partial charge in [0.1, 0.15) is 0 Å². The maximum atomic E-state index is 10.6. The van der Waals surface area contributed by atoms with E-state index in [-0.39, 0.29) is 5.91 Å². The van der Waals surface area contributed by atoms with Crippen LogP contribution in [0.15, 0.2) is 23.7 Å². The van der Waals surface area contributed by atoms with Gasteiger partial charge in [-0.1, -0.05) is 0 Å². The van der Waals surface area contributed by atoms with Crippen molar-refractivity contribution in [1.82, 2.24) is 10.6 Å². The van der Waals surface area contributed by atoms with Gasteiger partial charge in [0.15, 0.2) is 0 Å². The lowest BCUT2D eigenvalue weighted by Gasteiger charge is -2.13. The van der Waals surface area contributed by atoms with Crippen LogP contribution in [0.5, 0.6) is 0 Å². The lowest BCUT2D eigenvalue weighted by atomic mass is 10.2. The molecule has 0 radical (unpaired) electrons. The number of amides is 1. The highest BCUT2D eigenvalue weighted by Gasteiger charge is 2.04. The Hall–Kier alpha value is -1.45. The third-order valence-electron chi connectivity index (χ3n) is 1.30. The molecule has 0 fully saturated rings. The van der Waals surface area contributed by atoms with Crippen LogP contribution < -0.4 is 16.4 Å². The number of nitrogens with two attached hydrogens (primary N) is 1. The Labute approximate surface area is 65.1 Å². The standard InChI is InChI=1S/C7H11N3O/c1-5(11)10-7-2-3-9-4-6(7)8/h2,4,9H,3,8H2,1H3,(H,10,11). The molecule has 0 unspecified atom stereocenters. The molecule has 1 amide bonds. The third kappa shape index (κ3) is 2.00. The molecular formula is C7H11N3O. The molecule has 60 valence electrons. The number of rotatable bonds is 1. The largest absolute Gasteiger partial charge is 0.396 e. The summed E-state index contributed by atoms with van der Waals surface area (Å²) in [5, 5.41) is 5.54. The Kier molecular flexibility index (Phi) is 2.15. The summed E-state index contributed by atoms with van der Waals surface area (Å²) >= 11 is 0. The van der Waals surface area contributed by atoms with E-state index in [4.69, 9.17) is 5.73 Å². The van der Waals surface area contributed by atoms with Gasteiger partial charge in [0, 0.05) is 19.7 Å². The van der Waals surface area contributed by atoms with Crippen LogP contribution in [0.1, 0.15) is 6.92 Å². The first-order valence-electron chi connectivity index (χ1n) is 3.37. The van der Waals surface area contributed by atoms with Gasteiger partial charge in [-0.25, -0.2) is 0 Å². The normalized spacial score (nSPS) is 16.1. The van der Waals surface area contributed by atoms with E-state index in [1.165, 1.54) is 6.92 Å². The Morgan fingerprint density at radius 2 is 2.55 bits per heavy atom. The van der Waals surface area contributed by atoms with Crippen molar-refractivity contribution in [3.05, 3.63) is 23.7 Å². The molecule has 0 spiro atoms. The Balaban J connectivity index is 2.63. The number of hydrogen-bond donors (Lipinski definition) is 3. The lowest BCUT2D eigenvalue weighted by molar-refractivity contribution is -0.118. The zero-order valence-electron chi connectivity index (χ0n) is 6.35. The molecule has 11 heavy (non-hydrogen) atoms. The molecule has 0 aromatic carbocycles. The Morgan fingerprint density at radius 3 is 3.09 bits per heavy atom. The van der Waals surface area contributed by atoms with Gasteiger partial charge in [-0.05, 0) is 6.08 Å². The lowest BCUT2D eigenvalue weighted by Crippen LogP contribution is -2.28. The second-order valence-corrected chi connectivity index (χ2v) is 2.31. The summed E-state index contributed by atoms with van der Waals surface area (Å²) in [6.45, 7) is 2.16. The molecule has 0 aromatic rings. The smallest absolute Gasteiger partial charge is 0.221 e. The first-order chi connectivity index (χ1) is 5.20. The van der Waals surface area contributed by atoms with Crippen LogP contribution in [0.3, 0.4) is 0 Å². The highest BCUT2D eigenvalue weighted by atomic mass is 16.1. The molecule has 1 heterocycles. The molecule has 0 aromatic heterocycles. The minimum atomic E-state index is -0.102. The summed E-state index contributed by atoms with van der Waals surface area (Å²) < 4.78 is 0. The van der Waals surface area contributed by atoms with E-state index < -0.39 is 0 Å². The van der Waals surface area contributed by atoms with Crippen molar-refractivity contribution in [3.63, 3.8) is 0 Å². The molecule has 4 nitrogen and oxygen atoms in total. The van der Waals surface area contributed by atoms with Crippen LogP contribution in [0.4, 0.5) is 0 Å². The zero-order valence-corrected chi connectivity index (χ0v) is 6.35. The molecule has 1 rings (SSSR count). The second kappa shape index (κ2) is 3.09. The van der Waals surface area contributed by atoms with Gasteiger partial charge in [-0.2, -0.15) is 0 Å². The number of carbonyl (C=O) groups excluding carboxylic acids is 1. The number of hydrogen-bond acceptors (Lipinski definition) is 3. The van der Waals surface area contributed by atoms with Gasteiger partial charge in [0.2, 0.25) is 5.91 Å². The summed E-state index contributed by atoms with van der Waals surface area (Å²) in [5.74, 6) is -0.102. The number of carbonyl (C=O) groups is 1. The maximum Gasteiger partial charge on any atom is 0.221 e. The van der Waals surface area contributed by atoms with Crippen LogP contribution in [0.25, 0.3) is 0 Å². The quantitative estimate of drug-likeness (QED) is 0.471. The van der Waals surface area contributed by atoms with Gasteiger partial charge in [-0.3, -0.25) is 4.79 Å². The van der Waals surface area contributed by atoms with Gasteiger partial charge >= 0.3 is 0 Å². The zero-order chi connectivity index (χ0) is 8.27. The molecule has 4 N–H and O–H groups in total. The van der Waals surface area contributed by atoms with E-state index in [1.54, 1.807) is 6.20 Å². The van der Waals surface area contributed by atoms with Crippen molar-refractivity contribution in [2.75, 3.05) is 6.54 Å².